The second-order valence-electron chi connectivity index (χ2n) is 7.66. The molecule has 0 aliphatic rings. The number of aromatic nitrogens is 2. The van der Waals surface area contributed by atoms with Gasteiger partial charge in [0.05, 0.1) is 30.8 Å². The number of amides is 1. The van der Waals surface area contributed by atoms with E-state index in [4.69, 9.17) is 14.5 Å². The van der Waals surface area contributed by atoms with E-state index < -0.39 is 0 Å². The van der Waals surface area contributed by atoms with Crippen molar-refractivity contribution >= 4 is 16.9 Å². The second kappa shape index (κ2) is 9.65. The molecular weight excluding hydrogens is 378 g/mol. The third-order valence-corrected chi connectivity index (χ3v) is 5.12. The lowest BCUT2D eigenvalue weighted by Gasteiger charge is -2.23. The van der Waals surface area contributed by atoms with Crippen molar-refractivity contribution in [2.45, 2.75) is 52.1 Å². The second-order valence-corrected chi connectivity index (χ2v) is 7.66. The van der Waals surface area contributed by atoms with E-state index in [1.165, 1.54) is 0 Å². The van der Waals surface area contributed by atoms with E-state index in [1.807, 2.05) is 56.3 Å². The van der Waals surface area contributed by atoms with Crippen LogP contribution in [0, 0.1) is 0 Å². The SMILES string of the molecule is CCCCC(C(=O)NC(C)C)n1c(-c2cccc(OC)c2OC)nc2ccccc21. The van der Waals surface area contributed by atoms with Crippen LogP contribution in [0.15, 0.2) is 42.5 Å². The van der Waals surface area contributed by atoms with Gasteiger partial charge in [0, 0.05) is 6.04 Å². The van der Waals surface area contributed by atoms with Gasteiger partial charge in [0.2, 0.25) is 5.91 Å². The van der Waals surface area contributed by atoms with Crippen molar-refractivity contribution in [1.82, 2.24) is 14.9 Å². The van der Waals surface area contributed by atoms with Gasteiger partial charge >= 0.3 is 0 Å². The number of rotatable bonds is 9. The van der Waals surface area contributed by atoms with Crippen molar-refractivity contribution in [2.24, 2.45) is 0 Å². The fourth-order valence-corrected chi connectivity index (χ4v) is 3.77. The number of hydrogen-bond donors (Lipinski definition) is 1. The minimum absolute atomic E-state index is 0.00437. The summed E-state index contributed by atoms with van der Waals surface area (Å²) in [5.74, 6) is 1.94. The van der Waals surface area contributed by atoms with Crippen LogP contribution in [0.25, 0.3) is 22.4 Å². The Bertz CT molecular complexity index is 1010. The summed E-state index contributed by atoms with van der Waals surface area (Å²) in [7, 11) is 3.24. The van der Waals surface area contributed by atoms with Gasteiger partial charge in [-0.2, -0.15) is 0 Å². The Morgan fingerprint density at radius 3 is 2.53 bits per heavy atom. The van der Waals surface area contributed by atoms with E-state index in [1.54, 1.807) is 14.2 Å². The highest BCUT2D eigenvalue weighted by Crippen LogP contribution is 2.40. The number of ether oxygens (including phenoxy) is 2. The van der Waals surface area contributed by atoms with Gasteiger partial charge in [0.25, 0.3) is 0 Å². The van der Waals surface area contributed by atoms with E-state index in [-0.39, 0.29) is 18.0 Å². The van der Waals surface area contributed by atoms with E-state index >= 15 is 0 Å². The monoisotopic (exact) mass is 409 g/mol. The molecule has 1 heterocycles. The summed E-state index contributed by atoms with van der Waals surface area (Å²) in [6.07, 6.45) is 2.68. The van der Waals surface area contributed by atoms with Gasteiger partial charge in [0.15, 0.2) is 11.5 Å². The van der Waals surface area contributed by atoms with Crippen molar-refractivity contribution in [3.05, 3.63) is 42.5 Å². The van der Waals surface area contributed by atoms with Crippen LogP contribution in [0.2, 0.25) is 0 Å². The Hall–Kier alpha value is -3.02. The van der Waals surface area contributed by atoms with Gasteiger partial charge < -0.3 is 19.4 Å². The molecule has 0 spiro atoms. The highest BCUT2D eigenvalue weighted by Gasteiger charge is 2.28. The summed E-state index contributed by atoms with van der Waals surface area (Å²) in [5.41, 5.74) is 2.57. The summed E-state index contributed by atoms with van der Waals surface area (Å²) in [5, 5.41) is 3.09. The number of nitrogens with one attached hydrogen (secondary N) is 1. The fourth-order valence-electron chi connectivity index (χ4n) is 3.77. The summed E-state index contributed by atoms with van der Waals surface area (Å²) in [6.45, 7) is 6.09. The summed E-state index contributed by atoms with van der Waals surface area (Å²) >= 11 is 0. The molecule has 0 aliphatic carbocycles. The Labute approximate surface area is 178 Å². The molecule has 160 valence electrons. The Kier molecular flexibility index (Phi) is 6.98. The molecule has 0 bridgehead atoms. The standard InChI is InChI=1S/C24H31N3O3/c1-6-7-13-20(24(28)25-16(2)3)27-19-14-9-8-12-18(19)26-23(27)17-11-10-15-21(29-4)22(17)30-5/h8-12,14-16,20H,6-7,13H2,1-5H3,(H,25,28). The van der Waals surface area contributed by atoms with Crippen molar-refractivity contribution in [3.8, 4) is 22.9 Å². The summed E-state index contributed by atoms with van der Waals surface area (Å²) in [4.78, 5) is 18.2. The molecule has 6 nitrogen and oxygen atoms in total. The maximum atomic E-state index is 13.2. The van der Waals surface area contributed by atoms with Crippen molar-refractivity contribution in [3.63, 3.8) is 0 Å². The molecule has 30 heavy (non-hydrogen) atoms. The quantitative estimate of drug-likeness (QED) is 0.541. The van der Waals surface area contributed by atoms with Crippen LogP contribution in [0.4, 0.5) is 0 Å². The van der Waals surface area contributed by atoms with Gasteiger partial charge in [-0.25, -0.2) is 4.98 Å². The normalized spacial score (nSPS) is 12.2. The van der Waals surface area contributed by atoms with Gasteiger partial charge in [-0.3, -0.25) is 4.79 Å². The van der Waals surface area contributed by atoms with E-state index in [0.29, 0.717) is 17.3 Å². The predicted octanol–water partition coefficient (Wildman–Crippen LogP) is 4.98. The number of carbonyl (C=O) groups excluding carboxylic acids is 1. The average molecular weight is 410 g/mol. The van der Waals surface area contributed by atoms with Gasteiger partial charge in [-0.1, -0.05) is 38.0 Å². The van der Waals surface area contributed by atoms with Gasteiger partial charge in [-0.05, 0) is 44.5 Å². The zero-order valence-electron chi connectivity index (χ0n) is 18.4. The first kappa shape index (κ1) is 21.7. The first-order chi connectivity index (χ1) is 14.5. The summed E-state index contributed by atoms with van der Waals surface area (Å²) < 4.78 is 13.2. The molecule has 0 radical (unpaired) electrons. The average Bonchev–Trinajstić information content (AvgIpc) is 3.12. The molecule has 1 aromatic heterocycles. The van der Waals surface area contributed by atoms with E-state index in [0.717, 1.165) is 35.9 Å². The Balaban J connectivity index is 2.26. The molecular formula is C24H31N3O3. The molecule has 0 saturated heterocycles. The smallest absolute Gasteiger partial charge is 0.243 e. The largest absolute Gasteiger partial charge is 0.493 e. The minimum Gasteiger partial charge on any atom is -0.493 e. The minimum atomic E-state index is -0.370. The fraction of sp³-hybridized carbons (Fsp3) is 0.417. The molecule has 1 amide bonds. The molecule has 1 unspecified atom stereocenters. The summed E-state index contributed by atoms with van der Waals surface area (Å²) in [6, 6.07) is 13.3. The molecule has 2 aromatic carbocycles. The lowest BCUT2D eigenvalue weighted by atomic mass is 10.1. The van der Waals surface area contributed by atoms with Crippen molar-refractivity contribution < 1.29 is 14.3 Å². The number of imidazole rings is 1. The van der Waals surface area contributed by atoms with Crippen molar-refractivity contribution in [2.75, 3.05) is 14.2 Å². The van der Waals surface area contributed by atoms with E-state index in [9.17, 15) is 4.79 Å². The number of unbranched alkanes of at least 4 members (excludes halogenated alkanes) is 1. The number of hydrogen-bond acceptors (Lipinski definition) is 4. The number of nitrogens with zero attached hydrogens (tertiary/aromatic N) is 2. The maximum absolute atomic E-state index is 13.2. The van der Waals surface area contributed by atoms with Crippen LogP contribution >= 0.6 is 0 Å². The van der Waals surface area contributed by atoms with Crippen LogP contribution in [-0.4, -0.2) is 35.7 Å². The predicted molar refractivity (Wildman–Crippen MR) is 120 cm³/mol. The number of para-hydroxylation sites is 3. The third-order valence-electron chi connectivity index (χ3n) is 5.12. The van der Waals surface area contributed by atoms with Crippen LogP contribution in [-0.2, 0) is 4.79 Å². The Morgan fingerprint density at radius 1 is 1.10 bits per heavy atom. The molecule has 0 saturated carbocycles. The topological polar surface area (TPSA) is 65.4 Å². The maximum Gasteiger partial charge on any atom is 0.243 e. The highest BCUT2D eigenvalue weighted by atomic mass is 16.5. The number of methoxy groups -OCH3 is 2. The van der Waals surface area contributed by atoms with Gasteiger partial charge in [0.1, 0.15) is 11.9 Å². The molecule has 0 aliphatic heterocycles. The van der Waals surface area contributed by atoms with E-state index in [2.05, 4.69) is 16.8 Å². The molecule has 6 heteroatoms. The number of benzene rings is 2. The number of carbonyl (C=O) groups is 1. The number of fused-ring (bicyclic) bond motifs is 1. The third kappa shape index (κ3) is 4.27. The molecule has 1 N–H and O–H groups in total. The van der Waals surface area contributed by atoms with Crippen LogP contribution in [0.1, 0.15) is 46.1 Å². The zero-order valence-corrected chi connectivity index (χ0v) is 18.4. The molecule has 3 rings (SSSR count). The first-order valence-corrected chi connectivity index (χ1v) is 10.5. The van der Waals surface area contributed by atoms with Crippen molar-refractivity contribution in [1.29, 1.82) is 0 Å². The van der Waals surface area contributed by atoms with Crippen LogP contribution in [0.5, 0.6) is 11.5 Å². The van der Waals surface area contributed by atoms with Crippen LogP contribution in [0.3, 0.4) is 0 Å². The zero-order chi connectivity index (χ0) is 21.7. The van der Waals surface area contributed by atoms with Crippen LogP contribution < -0.4 is 14.8 Å². The first-order valence-electron chi connectivity index (χ1n) is 10.5. The van der Waals surface area contributed by atoms with Gasteiger partial charge in [-0.15, -0.1) is 0 Å². The molecule has 3 aromatic rings. The molecule has 0 fully saturated rings. The molecule has 1 atom stereocenters. The Morgan fingerprint density at radius 2 is 1.87 bits per heavy atom. The lowest BCUT2D eigenvalue weighted by Crippen LogP contribution is -2.37. The lowest BCUT2D eigenvalue weighted by molar-refractivity contribution is -0.124. The highest BCUT2D eigenvalue weighted by molar-refractivity contribution is 5.88.